The first-order valence-electron chi connectivity index (χ1n) is 19.8. The fourth-order valence-corrected chi connectivity index (χ4v) is 9.27. The topological polar surface area (TPSA) is 32.6 Å². The van der Waals surface area contributed by atoms with Crippen LogP contribution in [0.3, 0.4) is 0 Å². The molecule has 2 aromatic heterocycles. The Bertz CT molecular complexity index is 3130. The van der Waals surface area contributed by atoms with Gasteiger partial charge in [0.1, 0.15) is 0 Å². The van der Waals surface area contributed by atoms with E-state index < -0.39 is 0 Å². The molecule has 11 rings (SSSR count). The van der Waals surface area contributed by atoms with Gasteiger partial charge in [-0.25, -0.2) is 4.85 Å². The van der Waals surface area contributed by atoms with Gasteiger partial charge in [-0.3, -0.25) is 0 Å². The van der Waals surface area contributed by atoms with Crippen LogP contribution in [0.15, 0.2) is 200 Å². The normalized spacial score (nSPS) is 11.4. The molecule has 59 heavy (non-hydrogen) atoms. The highest BCUT2D eigenvalue weighted by atomic mass is 14.9. The second kappa shape index (κ2) is 13.7. The molecule has 0 saturated carbocycles. The van der Waals surface area contributed by atoms with Crippen LogP contribution in [0.5, 0.6) is 0 Å². The van der Waals surface area contributed by atoms with E-state index in [0.717, 1.165) is 105 Å². The number of fused-ring (bicyclic) bond motifs is 6. The Morgan fingerprint density at radius 3 is 1.20 bits per heavy atom. The number of para-hydroxylation sites is 1. The van der Waals surface area contributed by atoms with E-state index in [1.54, 1.807) is 0 Å². The van der Waals surface area contributed by atoms with E-state index in [1.807, 2.05) is 24.3 Å². The smallest absolute Gasteiger partial charge is 0.197 e. The van der Waals surface area contributed by atoms with Gasteiger partial charge in [-0.05, 0) is 79.4 Å². The molecule has 11 aromatic rings. The Morgan fingerprint density at radius 1 is 0.390 bits per heavy atom. The minimum absolute atomic E-state index is 0.577. The summed E-state index contributed by atoms with van der Waals surface area (Å²) in [4.78, 5) is 4.23. The van der Waals surface area contributed by atoms with Crippen molar-refractivity contribution in [3.8, 4) is 72.8 Å². The summed E-state index contributed by atoms with van der Waals surface area (Å²) >= 11 is 0. The minimum Gasteiger partial charge on any atom is -0.309 e. The highest BCUT2D eigenvalue weighted by Gasteiger charge is 2.25. The third-order valence-corrected chi connectivity index (χ3v) is 11.8. The van der Waals surface area contributed by atoms with Crippen LogP contribution in [0, 0.1) is 17.9 Å². The lowest BCUT2D eigenvalue weighted by Gasteiger charge is -2.18. The van der Waals surface area contributed by atoms with Crippen molar-refractivity contribution in [3.05, 3.63) is 217 Å². The first-order chi connectivity index (χ1) is 29.2. The lowest BCUT2D eigenvalue weighted by molar-refractivity contribution is 1.36. The molecule has 0 unspecified atom stereocenters. The van der Waals surface area contributed by atoms with Crippen molar-refractivity contribution in [3.63, 3.8) is 0 Å². The van der Waals surface area contributed by atoms with Gasteiger partial charge in [0.15, 0.2) is 5.69 Å². The van der Waals surface area contributed by atoms with E-state index in [0.29, 0.717) is 11.3 Å². The van der Waals surface area contributed by atoms with Gasteiger partial charge in [0.05, 0.1) is 29.2 Å². The molecule has 0 N–H and O–H groups in total. The quantitative estimate of drug-likeness (QED) is 0.156. The zero-order chi connectivity index (χ0) is 39.5. The monoisotopic (exact) mass is 747 g/mol. The van der Waals surface area contributed by atoms with Gasteiger partial charge in [0.2, 0.25) is 0 Å². The van der Waals surface area contributed by atoms with Gasteiger partial charge in [-0.15, -0.1) is 0 Å². The number of aromatic nitrogens is 1. The van der Waals surface area contributed by atoms with Gasteiger partial charge in [0.25, 0.3) is 0 Å². The lowest BCUT2D eigenvalue weighted by atomic mass is 9.85. The minimum atomic E-state index is 0.577. The standard InChI is InChI=1S/C56H33N3/c1-58-51-34-53-49(33-50(51)55-43(38-21-10-4-11-22-38)27-15-28-44(55)39-23-12-5-13-24-39)46-30-16-29-45-48-32-47(40(35-57)31-52(48)59(53)56(45)46)54-41(36-17-6-2-7-18-36)25-14-26-42(54)37-19-8-3-9-20-37/h2-34H. The fraction of sp³-hybridized carbons (Fsp3) is 0. The molecule has 0 spiro atoms. The third kappa shape index (κ3) is 5.34. The average Bonchev–Trinajstić information content (AvgIpc) is 3.82. The van der Waals surface area contributed by atoms with Crippen molar-refractivity contribution < 1.29 is 0 Å². The van der Waals surface area contributed by atoms with Crippen molar-refractivity contribution in [2.24, 2.45) is 0 Å². The van der Waals surface area contributed by atoms with E-state index >= 15 is 0 Å². The summed E-state index contributed by atoms with van der Waals surface area (Å²) in [5.41, 5.74) is 16.7. The molecule has 272 valence electrons. The fourth-order valence-electron chi connectivity index (χ4n) is 9.27. The van der Waals surface area contributed by atoms with Crippen LogP contribution >= 0.6 is 0 Å². The third-order valence-electron chi connectivity index (χ3n) is 11.8. The number of hydrogen-bond acceptors (Lipinski definition) is 1. The van der Waals surface area contributed by atoms with Crippen molar-refractivity contribution in [2.75, 3.05) is 0 Å². The van der Waals surface area contributed by atoms with E-state index in [1.165, 1.54) is 0 Å². The van der Waals surface area contributed by atoms with Crippen molar-refractivity contribution >= 4 is 43.8 Å². The molecule has 0 radical (unpaired) electrons. The zero-order valence-corrected chi connectivity index (χ0v) is 31.9. The van der Waals surface area contributed by atoms with Crippen molar-refractivity contribution in [1.29, 1.82) is 5.26 Å². The molecule has 2 heterocycles. The molecule has 0 bridgehead atoms. The summed E-state index contributed by atoms with van der Waals surface area (Å²) in [6.07, 6.45) is 0. The Morgan fingerprint density at radius 2 is 0.780 bits per heavy atom. The second-order valence-electron chi connectivity index (χ2n) is 15.0. The van der Waals surface area contributed by atoms with Gasteiger partial charge >= 0.3 is 0 Å². The molecular formula is C56H33N3. The van der Waals surface area contributed by atoms with Gasteiger partial charge < -0.3 is 4.40 Å². The Labute approximate surface area is 342 Å². The number of hydrogen-bond donors (Lipinski definition) is 0. The number of nitriles is 1. The largest absolute Gasteiger partial charge is 0.309 e. The maximum absolute atomic E-state index is 11.0. The summed E-state index contributed by atoms with van der Waals surface area (Å²) in [5.74, 6) is 0. The molecule has 0 amide bonds. The van der Waals surface area contributed by atoms with Crippen LogP contribution in [0.2, 0.25) is 0 Å². The predicted molar refractivity (Wildman–Crippen MR) is 245 cm³/mol. The highest BCUT2D eigenvalue weighted by molar-refractivity contribution is 6.25. The van der Waals surface area contributed by atoms with E-state index in [2.05, 4.69) is 191 Å². The van der Waals surface area contributed by atoms with Crippen LogP contribution in [0.25, 0.3) is 110 Å². The summed E-state index contributed by atoms with van der Waals surface area (Å²) in [7, 11) is 0. The number of rotatable bonds is 6. The number of nitrogens with zero attached hydrogens (tertiary/aromatic N) is 3. The summed E-state index contributed by atoms with van der Waals surface area (Å²) in [5, 5.41) is 15.4. The number of benzene rings is 9. The zero-order valence-electron chi connectivity index (χ0n) is 31.9. The molecule has 9 aromatic carbocycles. The molecule has 0 aliphatic carbocycles. The summed E-state index contributed by atoms with van der Waals surface area (Å²) in [6, 6.07) is 72.3. The van der Waals surface area contributed by atoms with Gasteiger partial charge in [-0.1, -0.05) is 182 Å². The van der Waals surface area contributed by atoms with Crippen LogP contribution in [0.1, 0.15) is 5.56 Å². The second-order valence-corrected chi connectivity index (χ2v) is 15.0. The maximum atomic E-state index is 11.0. The molecular weight excluding hydrogens is 715 g/mol. The van der Waals surface area contributed by atoms with Crippen molar-refractivity contribution in [1.82, 2.24) is 4.40 Å². The SMILES string of the molecule is [C-]#[N+]c1cc2c(cc1-c1c(-c3ccccc3)cccc1-c1ccccc1)c1cccc3c4cc(-c5c(-c6ccccc6)cccc5-c5ccccc5)c(C#N)cc4n2c31. The molecule has 0 saturated heterocycles. The average molecular weight is 748 g/mol. The van der Waals surface area contributed by atoms with Crippen LogP contribution < -0.4 is 0 Å². The first-order valence-corrected chi connectivity index (χ1v) is 19.8. The van der Waals surface area contributed by atoms with E-state index in [-0.39, 0.29) is 0 Å². The maximum Gasteiger partial charge on any atom is 0.197 e. The molecule has 0 atom stereocenters. The molecule has 0 aliphatic heterocycles. The van der Waals surface area contributed by atoms with Gasteiger partial charge in [-0.2, -0.15) is 5.26 Å². The highest BCUT2D eigenvalue weighted by Crippen LogP contribution is 2.49. The Kier molecular flexibility index (Phi) is 7.93. The van der Waals surface area contributed by atoms with E-state index in [9.17, 15) is 5.26 Å². The van der Waals surface area contributed by atoms with Crippen LogP contribution in [-0.4, -0.2) is 4.40 Å². The molecule has 3 nitrogen and oxygen atoms in total. The first kappa shape index (κ1) is 34.0. The molecule has 0 aliphatic rings. The van der Waals surface area contributed by atoms with Gasteiger partial charge in [0, 0.05) is 32.6 Å². The Balaban J connectivity index is 1.21. The Hall–Kier alpha value is -8.24. The molecule has 0 fully saturated rings. The van der Waals surface area contributed by atoms with E-state index in [4.69, 9.17) is 6.57 Å². The lowest BCUT2D eigenvalue weighted by Crippen LogP contribution is -1.94. The predicted octanol–water partition coefficient (Wildman–Crippen LogP) is 15.3. The summed E-state index contributed by atoms with van der Waals surface area (Å²) in [6.45, 7) is 8.62. The summed E-state index contributed by atoms with van der Waals surface area (Å²) < 4.78 is 2.28. The van der Waals surface area contributed by atoms with Crippen molar-refractivity contribution in [2.45, 2.75) is 0 Å². The van der Waals surface area contributed by atoms with Crippen LogP contribution in [-0.2, 0) is 0 Å². The van der Waals surface area contributed by atoms with Crippen LogP contribution in [0.4, 0.5) is 5.69 Å². The molecule has 3 heteroatoms.